The van der Waals surface area contributed by atoms with Gasteiger partial charge in [0.2, 0.25) is 5.91 Å². The number of unbranched alkanes of at least 4 members (excludes halogenated alkanes) is 1. The molecule has 1 aliphatic rings. The van der Waals surface area contributed by atoms with Crippen LogP contribution in [0.5, 0.6) is 0 Å². The van der Waals surface area contributed by atoms with Gasteiger partial charge in [-0.05, 0) is 24.1 Å². The van der Waals surface area contributed by atoms with Crippen molar-refractivity contribution in [2.75, 3.05) is 6.54 Å². The van der Waals surface area contributed by atoms with E-state index in [0.29, 0.717) is 11.4 Å². The van der Waals surface area contributed by atoms with E-state index in [0.717, 1.165) is 18.4 Å². The topological polar surface area (TPSA) is 32.3 Å². The lowest BCUT2D eigenvalue weighted by molar-refractivity contribution is -0.132. The first kappa shape index (κ1) is 16.2. The maximum Gasteiger partial charge on any atom is 0.255 e. The fourth-order valence-electron chi connectivity index (χ4n) is 2.59. The van der Waals surface area contributed by atoms with E-state index in [1.165, 1.54) is 4.90 Å². The Labute approximate surface area is 128 Å². The molecule has 3 nitrogen and oxygen atoms in total. The van der Waals surface area contributed by atoms with Crippen LogP contribution in [0.25, 0.3) is 0 Å². The van der Waals surface area contributed by atoms with Gasteiger partial charge in [0, 0.05) is 5.02 Å². The van der Waals surface area contributed by atoms with Crippen LogP contribution < -0.4 is 5.32 Å². The molecule has 2 rings (SSSR count). The van der Waals surface area contributed by atoms with E-state index in [-0.39, 0.29) is 5.91 Å². The van der Waals surface area contributed by atoms with Crippen molar-refractivity contribution in [2.24, 2.45) is 0 Å². The van der Waals surface area contributed by atoms with Crippen LogP contribution >= 0.6 is 11.6 Å². The summed E-state index contributed by atoms with van der Waals surface area (Å²) >= 11 is 5.95. The number of carbonyl (C=O) groups excluding carboxylic acids is 1. The van der Waals surface area contributed by atoms with Gasteiger partial charge in [-0.2, -0.15) is 0 Å². The first-order chi connectivity index (χ1) is 10.0. The minimum absolute atomic E-state index is 0.256. The minimum Gasteiger partial charge on any atom is -0.316 e. The smallest absolute Gasteiger partial charge is 0.255 e. The summed E-state index contributed by atoms with van der Waals surface area (Å²) in [6.07, 6.45) is -0.586. The van der Waals surface area contributed by atoms with Gasteiger partial charge in [-0.15, -0.1) is 0 Å². The van der Waals surface area contributed by atoms with Gasteiger partial charge in [-0.25, -0.2) is 8.78 Å². The predicted molar refractivity (Wildman–Crippen MR) is 78.4 cm³/mol. The van der Waals surface area contributed by atoms with Crippen molar-refractivity contribution in [1.82, 2.24) is 10.2 Å². The Balaban J connectivity index is 2.22. The molecule has 1 heterocycles. The van der Waals surface area contributed by atoms with Gasteiger partial charge in [-0.1, -0.05) is 43.5 Å². The largest absolute Gasteiger partial charge is 0.316 e. The minimum atomic E-state index is -2.55. The van der Waals surface area contributed by atoms with Crippen LogP contribution in [0.15, 0.2) is 24.3 Å². The van der Waals surface area contributed by atoms with Crippen LogP contribution in [-0.4, -0.2) is 29.8 Å². The van der Waals surface area contributed by atoms with E-state index in [4.69, 9.17) is 11.6 Å². The fourth-order valence-corrected chi connectivity index (χ4v) is 2.79. The van der Waals surface area contributed by atoms with E-state index >= 15 is 0 Å². The maximum atomic E-state index is 12.8. The summed E-state index contributed by atoms with van der Waals surface area (Å²) in [5.41, 5.74) is 0.732. The molecule has 1 amide bonds. The summed E-state index contributed by atoms with van der Waals surface area (Å²) in [5.74, 6) is -0.256. The summed E-state index contributed by atoms with van der Waals surface area (Å²) in [6, 6.07) is 6.56. The molecule has 1 aromatic rings. The molecule has 1 aliphatic heterocycles. The van der Waals surface area contributed by atoms with Crippen molar-refractivity contribution in [2.45, 2.75) is 44.8 Å². The Morgan fingerprint density at radius 2 is 2.19 bits per heavy atom. The predicted octanol–water partition coefficient (Wildman–Crippen LogP) is 3.59. The van der Waals surface area contributed by atoms with Crippen molar-refractivity contribution < 1.29 is 13.6 Å². The Hall–Kier alpha value is -1.20. The summed E-state index contributed by atoms with van der Waals surface area (Å²) in [5, 5.41) is 3.68. The molecule has 0 saturated carbocycles. The number of carbonyl (C=O) groups is 1. The molecule has 0 radical (unpaired) electrons. The number of nitrogens with zero attached hydrogens (tertiary/aromatic N) is 1. The third-order valence-electron chi connectivity index (χ3n) is 3.60. The van der Waals surface area contributed by atoms with Gasteiger partial charge in [0.15, 0.2) is 0 Å². The monoisotopic (exact) mass is 316 g/mol. The van der Waals surface area contributed by atoms with Gasteiger partial charge < -0.3 is 4.90 Å². The molecule has 21 heavy (non-hydrogen) atoms. The van der Waals surface area contributed by atoms with Gasteiger partial charge in [0.25, 0.3) is 6.43 Å². The zero-order valence-corrected chi connectivity index (χ0v) is 12.6. The quantitative estimate of drug-likeness (QED) is 0.870. The maximum absolute atomic E-state index is 12.8. The molecule has 1 aromatic carbocycles. The van der Waals surface area contributed by atoms with E-state index in [2.05, 4.69) is 5.32 Å². The molecule has 1 fully saturated rings. The highest BCUT2D eigenvalue weighted by molar-refractivity contribution is 6.30. The first-order valence-electron chi connectivity index (χ1n) is 7.13. The Morgan fingerprint density at radius 1 is 1.43 bits per heavy atom. The van der Waals surface area contributed by atoms with Crippen LogP contribution in [0, 0.1) is 0 Å². The second kappa shape index (κ2) is 7.18. The van der Waals surface area contributed by atoms with E-state index in [9.17, 15) is 13.6 Å². The Kier molecular flexibility index (Phi) is 5.53. The standard InChI is InChI=1S/C15H19ClF2N2O/c1-2-3-7-12-15(21)20(9-13(17)18)14(19-12)10-5-4-6-11(16)8-10/h4-6,8,12-14,19H,2-3,7,9H2,1H3. The molecule has 6 heteroatoms. The first-order valence-corrected chi connectivity index (χ1v) is 7.51. The third-order valence-corrected chi connectivity index (χ3v) is 3.83. The Morgan fingerprint density at radius 3 is 2.81 bits per heavy atom. The number of hydrogen-bond acceptors (Lipinski definition) is 2. The van der Waals surface area contributed by atoms with Crippen LogP contribution in [0.3, 0.4) is 0 Å². The summed E-state index contributed by atoms with van der Waals surface area (Å²) < 4.78 is 25.5. The third kappa shape index (κ3) is 3.92. The molecule has 0 spiro atoms. The summed E-state index contributed by atoms with van der Waals surface area (Å²) in [6.45, 7) is 1.47. The lowest BCUT2D eigenvalue weighted by Crippen LogP contribution is -2.35. The second-order valence-corrected chi connectivity index (χ2v) is 5.64. The van der Waals surface area contributed by atoms with Crippen molar-refractivity contribution in [1.29, 1.82) is 0 Å². The number of halogens is 3. The summed E-state index contributed by atoms with van der Waals surface area (Å²) in [7, 11) is 0. The molecule has 0 aromatic heterocycles. The lowest BCUT2D eigenvalue weighted by Gasteiger charge is -2.24. The molecular weight excluding hydrogens is 298 g/mol. The molecule has 116 valence electrons. The van der Waals surface area contributed by atoms with Crippen molar-refractivity contribution in [3.8, 4) is 0 Å². The van der Waals surface area contributed by atoms with Crippen LogP contribution in [-0.2, 0) is 4.79 Å². The average molecular weight is 317 g/mol. The summed E-state index contributed by atoms with van der Waals surface area (Å²) in [4.78, 5) is 13.5. The average Bonchev–Trinajstić information content (AvgIpc) is 2.73. The lowest BCUT2D eigenvalue weighted by atomic mass is 10.1. The molecule has 2 atom stereocenters. The van der Waals surface area contributed by atoms with Gasteiger partial charge >= 0.3 is 0 Å². The zero-order chi connectivity index (χ0) is 15.4. The van der Waals surface area contributed by atoms with Crippen molar-refractivity contribution in [3.05, 3.63) is 34.9 Å². The molecule has 0 bridgehead atoms. The molecule has 0 aliphatic carbocycles. The number of amides is 1. The fraction of sp³-hybridized carbons (Fsp3) is 0.533. The molecule has 1 N–H and O–H groups in total. The van der Waals surface area contributed by atoms with Gasteiger partial charge in [-0.3, -0.25) is 10.1 Å². The van der Waals surface area contributed by atoms with Crippen molar-refractivity contribution >= 4 is 17.5 Å². The highest BCUT2D eigenvalue weighted by Gasteiger charge is 2.40. The number of alkyl halides is 2. The van der Waals surface area contributed by atoms with Crippen LogP contribution in [0.4, 0.5) is 8.78 Å². The SMILES string of the molecule is CCCCC1NC(c2cccc(Cl)c2)N(CC(F)F)C1=O. The second-order valence-electron chi connectivity index (χ2n) is 5.20. The number of benzene rings is 1. The Bertz CT molecular complexity index is 498. The number of nitrogens with one attached hydrogen (secondary N) is 1. The highest BCUT2D eigenvalue weighted by atomic mass is 35.5. The molecule has 1 saturated heterocycles. The van der Waals surface area contributed by atoms with Crippen LogP contribution in [0.1, 0.15) is 37.9 Å². The highest BCUT2D eigenvalue weighted by Crippen LogP contribution is 2.29. The van der Waals surface area contributed by atoms with Crippen LogP contribution in [0.2, 0.25) is 5.02 Å². The van der Waals surface area contributed by atoms with Gasteiger partial charge in [0.1, 0.15) is 6.17 Å². The number of hydrogen-bond donors (Lipinski definition) is 1. The van der Waals surface area contributed by atoms with E-state index in [1.807, 2.05) is 6.92 Å². The number of rotatable bonds is 6. The van der Waals surface area contributed by atoms with E-state index in [1.54, 1.807) is 24.3 Å². The van der Waals surface area contributed by atoms with Gasteiger partial charge in [0.05, 0.1) is 12.6 Å². The zero-order valence-electron chi connectivity index (χ0n) is 11.9. The normalized spacial score (nSPS) is 22.3. The van der Waals surface area contributed by atoms with Crippen molar-refractivity contribution in [3.63, 3.8) is 0 Å². The van der Waals surface area contributed by atoms with E-state index < -0.39 is 25.2 Å². The molecule has 2 unspecified atom stereocenters. The molecular formula is C15H19ClF2N2O.